The van der Waals surface area contributed by atoms with Crippen LogP contribution >= 0.6 is 0 Å². The molecule has 4 saturated carbocycles. The van der Waals surface area contributed by atoms with E-state index in [1.807, 2.05) is 6.07 Å². The Morgan fingerprint density at radius 1 is 1.10 bits per heavy atom. The Kier molecular flexibility index (Phi) is 2.79. The minimum absolute atomic E-state index is 0.372. The maximum Gasteiger partial charge on any atom is 0.243 e. The van der Waals surface area contributed by atoms with Crippen molar-refractivity contribution in [2.75, 3.05) is 5.43 Å². The zero-order valence-electron chi connectivity index (χ0n) is 12.0. The molecular weight excluding hydrogens is 248 g/mol. The summed E-state index contributed by atoms with van der Waals surface area (Å²) in [5, 5.41) is 4.63. The highest BCUT2D eigenvalue weighted by molar-refractivity contribution is 5.89. The number of hydrogen-bond acceptors (Lipinski definition) is 4. The summed E-state index contributed by atoms with van der Waals surface area (Å²) in [6.07, 6.45) is 12.0. The minimum atomic E-state index is 0.372. The van der Waals surface area contributed by atoms with Crippen LogP contribution in [0.5, 0.6) is 0 Å². The second kappa shape index (κ2) is 4.54. The van der Waals surface area contributed by atoms with Gasteiger partial charge in [-0.3, -0.25) is 0 Å². The van der Waals surface area contributed by atoms with Gasteiger partial charge in [-0.2, -0.15) is 5.10 Å². The van der Waals surface area contributed by atoms with Crippen LogP contribution in [0, 0.1) is 23.2 Å². The van der Waals surface area contributed by atoms with Crippen molar-refractivity contribution in [2.24, 2.45) is 28.3 Å². The predicted octanol–water partition coefficient (Wildman–Crippen LogP) is 3.48. The Labute approximate surface area is 120 Å². The minimum Gasteiger partial charge on any atom is -0.245 e. The van der Waals surface area contributed by atoms with Crippen molar-refractivity contribution in [1.29, 1.82) is 0 Å². The summed E-state index contributed by atoms with van der Waals surface area (Å²) < 4.78 is 0. The summed E-state index contributed by atoms with van der Waals surface area (Å²) >= 11 is 0. The number of hydrogen-bond donors (Lipinski definition) is 1. The van der Waals surface area contributed by atoms with E-state index < -0.39 is 0 Å². The van der Waals surface area contributed by atoms with Gasteiger partial charge in [-0.05, 0) is 69.3 Å². The third kappa shape index (κ3) is 2.02. The average molecular weight is 270 g/mol. The molecule has 4 heteroatoms. The monoisotopic (exact) mass is 270 g/mol. The molecule has 0 unspecified atom stereocenters. The SMILES string of the molecule is CC(=NNc1ncccn1)C12CC3CC(CC(C3)C1)C2. The van der Waals surface area contributed by atoms with Crippen LogP contribution in [0.2, 0.25) is 0 Å². The van der Waals surface area contributed by atoms with Gasteiger partial charge < -0.3 is 0 Å². The van der Waals surface area contributed by atoms with E-state index >= 15 is 0 Å². The predicted molar refractivity (Wildman–Crippen MR) is 79.4 cm³/mol. The van der Waals surface area contributed by atoms with Gasteiger partial charge >= 0.3 is 0 Å². The van der Waals surface area contributed by atoms with Gasteiger partial charge in [-0.1, -0.05) is 0 Å². The van der Waals surface area contributed by atoms with Crippen molar-refractivity contribution in [3.8, 4) is 0 Å². The zero-order chi connectivity index (χ0) is 13.6. The summed E-state index contributed by atoms with van der Waals surface area (Å²) in [4.78, 5) is 8.34. The fraction of sp³-hybridized carbons (Fsp3) is 0.688. The Hall–Kier alpha value is -1.45. The molecule has 0 radical (unpaired) electrons. The maximum atomic E-state index is 4.63. The Morgan fingerprint density at radius 2 is 1.65 bits per heavy atom. The third-order valence-electron chi connectivity index (χ3n) is 5.70. The molecule has 0 amide bonds. The first-order valence-corrected chi connectivity index (χ1v) is 7.81. The maximum absolute atomic E-state index is 4.63. The molecule has 0 spiro atoms. The van der Waals surface area contributed by atoms with Crippen molar-refractivity contribution in [3.63, 3.8) is 0 Å². The van der Waals surface area contributed by atoms with Crippen LogP contribution in [-0.4, -0.2) is 15.7 Å². The van der Waals surface area contributed by atoms with Gasteiger partial charge in [-0.15, -0.1) is 0 Å². The van der Waals surface area contributed by atoms with Gasteiger partial charge in [0.25, 0.3) is 0 Å². The molecule has 0 atom stereocenters. The molecule has 4 fully saturated rings. The summed E-state index contributed by atoms with van der Waals surface area (Å²) in [5.41, 5.74) is 4.67. The first-order valence-electron chi connectivity index (χ1n) is 7.81. The summed E-state index contributed by atoms with van der Waals surface area (Å²) in [6, 6.07) is 1.82. The number of nitrogens with zero attached hydrogens (tertiary/aromatic N) is 3. The van der Waals surface area contributed by atoms with Crippen molar-refractivity contribution >= 4 is 11.7 Å². The van der Waals surface area contributed by atoms with Crippen LogP contribution in [0.1, 0.15) is 45.4 Å². The van der Waals surface area contributed by atoms with Gasteiger partial charge in [0.15, 0.2) is 0 Å². The highest BCUT2D eigenvalue weighted by Crippen LogP contribution is 2.60. The van der Waals surface area contributed by atoms with E-state index in [4.69, 9.17) is 0 Å². The normalized spacial score (nSPS) is 39.0. The van der Waals surface area contributed by atoms with Crippen LogP contribution in [0.3, 0.4) is 0 Å². The molecular formula is C16H22N4. The van der Waals surface area contributed by atoms with Gasteiger partial charge in [0.2, 0.25) is 5.95 Å². The van der Waals surface area contributed by atoms with Crippen LogP contribution in [0.15, 0.2) is 23.6 Å². The molecule has 0 aromatic carbocycles. The van der Waals surface area contributed by atoms with Crippen molar-refractivity contribution in [1.82, 2.24) is 9.97 Å². The van der Waals surface area contributed by atoms with E-state index in [9.17, 15) is 0 Å². The fourth-order valence-corrected chi connectivity index (χ4v) is 5.16. The van der Waals surface area contributed by atoms with Crippen molar-refractivity contribution < 1.29 is 0 Å². The Morgan fingerprint density at radius 3 is 2.20 bits per heavy atom. The quantitative estimate of drug-likeness (QED) is 0.675. The lowest BCUT2D eigenvalue weighted by molar-refractivity contribution is -0.0126. The van der Waals surface area contributed by atoms with E-state index in [0.29, 0.717) is 11.4 Å². The van der Waals surface area contributed by atoms with Crippen molar-refractivity contribution in [2.45, 2.75) is 45.4 Å². The average Bonchev–Trinajstić information content (AvgIpc) is 2.44. The number of aromatic nitrogens is 2. The Balaban J connectivity index is 1.54. The standard InChI is InChI=1S/C16H22N4/c1-11(19-20-15-17-3-2-4-18-15)16-8-12-5-13(9-16)7-14(6-12)10-16/h2-4,12-14H,5-10H2,1H3,(H,17,18,20). The first-order chi connectivity index (χ1) is 9.73. The van der Waals surface area contributed by atoms with Crippen molar-refractivity contribution in [3.05, 3.63) is 18.5 Å². The molecule has 1 aromatic rings. The summed E-state index contributed by atoms with van der Waals surface area (Å²) in [7, 11) is 0. The van der Waals surface area contributed by atoms with Gasteiger partial charge in [0.05, 0.1) is 0 Å². The smallest absolute Gasteiger partial charge is 0.243 e. The molecule has 0 saturated heterocycles. The van der Waals surface area contributed by atoms with E-state index in [1.54, 1.807) is 12.4 Å². The van der Waals surface area contributed by atoms with Gasteiger partial charge in [-0.25, -0.2) is 15.4 Å². The lowest BCUT2D eigenvalue weighted by Gasteiger charge is -2.56. The lowest BCUT2D eigenvalue weighted by atomic mass is 9.48. The van der Waals surface area contributed by atoms with Crippen LogP contribution in [0.4, 0.5) is 5.95 Å². The second-order valence-corrected chi connectivity index (χ2v) is 7.08. The summed E-state index contributed by atoms with van der Waals surface area (Å²) in [6.45, 7) is 2.20. The molecule has 1 N–H and O–H groups in total. The van der Waals surface area contributed by atoms with Gasteiger partial charge in [0.1, 0.15) is 0 Å². The molecule has 4 bridgehead atoms. The third-order valence-corrected chi connectivity index (χ3v) is 5.70. The second-order valence-electron chi connectivity index (χ2n) is 7.08. The van der Waals surface area contributed by atoms with E-state index in [-0.39, 0.29) is 0 Å². The topological polar surface area (TPSA) is 50.2 Å². The zero-order valence-corrected chi connectivity index (χ0v) is 12.0. The molecule has 0 aliphatic heterocycles. The molecule has 5 rings (SSSR count). The highest BCUT2D eigenvalue weighted by Gasteiger charge is 2.52. The number of rotatable bonds is 3. The van der Waals surface area contributed by atoms with E-state index in [2.05, 4.69) is 27.4 Å². The summed E-state index contributed by atoms with van der Waals surface area (Å²) in [5.74, 6) is 3.47. The molecule has 20 heavy (non-hydrogen) atoms. The fourth-order valence-electron chi connectivity index (χ4n) is 5.16. The molecule has 4 aliphatic rings. The molecule has 1 heterocycles. The molecule has 4 nitrogen and oxygen atoms in total. The molecule has 106 valence electrons. The number of nitrogens with one attached hydrogen (secondary N) is 1. The van der Waals surface area contributed by atoms with Crippen LogP contribution < -0.4 is 5.43 Å². The first kappa shape index (κ1) is 12.3. The Bertz CT molecular complexity index is 487. The van der Waals surface area contributed by atoms with Crippen LogP contribution in [-0.2, 0) is 0 Å². The number of anilines is 1. The highest BCUT2D eigenvalue weighted by atomic mass is 15.4. The van der Waals surface area contributed by atoms with E-state index in [0.717, 1.165) is 17.8 Å². The lowest BCUT2D eigenvalue weighted by Crippen LogP contribution is -2.49. The largest absolute Gasteiger partial charge is 0.245 e. The van der Waals surface area contributed by atoms with Crippen LogP contribution in [0.25, 0.3) is 0 Å². The molecule has 1 aromatic heterocycles. The molecule has 4 aliphatic carbocycles. The number of hydrazone groups is 1. The van der Waals surface area contributed by atoms with Gasteiger partial charge in [0, 0.05) is 23.5 Å². The van der Waals surface area contributed by atoms with E-state index in [1.165, 1.54) is 44.2 Å².